The molecule has 0 saturated carbocycles. The Kier molecular flexibility index (Phi) is 5.27. The van der Waals surface area contributed by atoms with Crippen LogP contribution in [-0.2, 0) is 4.79 Å². The summed E-state index contributed by atoms with van der Waals surface area (Å²) >= 11 is 0. The molecule has 0 bridgehead atoms. The van der Waals surface area contributed by atoms with E-state index in [1.165, 1.54) is 0 Å². The number of carbonyl (C=O) groups is 1. The Bertz CT molecular complexity index is 73.3. The second-order valence-electron chi connectivity index (χ2n) is 1.94. The molecule has 9 heavy (non-hydrogen) atoms. The first kappa shape index (κ1) is 8.47. The number of rotatable bonds is 5. The minimum atomic E-state index is 0.809. The number of nitrogens with zero attached hydrogens (tertiary/aromatic N) is 1. The van der Waals surface area contributed by atoms with E-state index in [9.17, 15) is 4.79 Å². The van der Waals surface area contributed by atoms with E-state index >= 15 is 0 Å². The average molecular weight is 128 g/mol. The molecule has 0 aliphatic carbocycles. The first-order valence-corrected chi connectivity index (χ1v) is 3.33. The molecule has 0 unspecified atom stereocenters. The van der Waals surface area contributed by atoms with Crippen LogP contribution in [0.4, 0.5) is 0 Å². The van der Waals surface area contributed by atoms with Gasteiger partial charge < -0.3 is 4.90 Å². The molecule has 0 aromatic carbocycles. The number of hydrogen-bond donors (Lipinski definition) is 0. The summed E-state index contributed by atoms with van der Waals surface area (Å²) in [6.45, 7) is 7.31. The van der Waals surface area contributed by atoms with Gasteiger partial charge in [0.25, 0.3) is 0 Å². The molecule has 0 rings (SSSR count). The molecule has 0 aliphatic rings. The van der Waals surface area contributed by atoms with Gasteiger partial charge in [0.15, 0.2) is 0 Å². The topological polar surface area (TPSA) is 20.3 Å². The molecule has 0 aromatic heterocycles. The van der Waals surface area contributed by atoms with Gasteiger partial charge in [0.2, 0.25) is 6.41 Å². The van der Waals surface area contributed by atoms with Crippen molar-refractivity contribution in [1.82, 2.24) is 4.90 Å². The monoisotopic (exact) mass is 128 g/mol. The molecule has 53 valence electrons. The number of unbranched alkanes of at least 4 members (excludes halogenated alkanes) is 1. The first-order chi connectivity index (χ1) is 4.35. The molecule has 0 saturated heterocycles. The molecule has 0 atom stereocenters. The van der Waals surface area contributed by atoms with Crippen LogP contribution in [0.25, 0.3) is 0 Å². The lowest BCUT2D eigenvalue weighted by Crippen LogP contribution is -2.22. The third-order valence-electron chi connectivity index (χ3n) is 1.25. The fraction of sp³-hybridized carbons (Fsp3) is 0.714. The SMILES string of the molecule is [CH2]CCCN(C=O)CC. The maximum absolute atomic E-state index is 10.1. The van der Waals surface area contributed by atoms with Gasteiger partial charge in [-0.1, -0.05) is 13.3 Å². The van der Waals surface area contributed by atoms with E-state index in [1.54, 1.807) is 4.90 Å². The molecule has 0 fully saturated rings. The number of amides is 1. The summed E-state index contributed by atoms with van der Waals surface area (Å²) in [7, 11) is 0. The predicted octanol–water partition coefficient (Wildman–Crippen LogP) is 1.08. The lowest BCUT2D eigenvalue weighted by molar-refractivity contribution is -0.118. The standard InChI is InChI=1S/C7H14NO/c1-3-5-6-8(4-2)7-9/h7H,1,3-6H2,2H3. The minimum Gasteiger partial charge on any atom is -0.346 e. The van der Waals surface area contributed by atoms with E-state index in [0.29, 0.717) is 0 Å². The van der Waals surface area contributed by atoms with Gasteiger partial charge in [-0.3, -0.25) is 4.79 Å². The Morgan fingerprint density at radius 1 is 1.67 bits per heavy atom. The summed E-state index contributed by atoms with van der Waals surface area (Å²) in [5.74, 6) is 0. The first-order valence-electron chi connectivity index (χ1n) is 3.33. The van der Waals surface area contributed by atoms with Gasteiger partial charge in [-0.25, -0.2) is 0 Å². The fourth-order valence-corrected chi connectivity index (χ4v) is 0.600. The van der Waals surface area contributed by atoms with Gasteiger partial charge >= 0.3 is 0 Å². The van der Waals surface area contributed by atoms with Crippen LogP contribution in [0.3, 0.4) is 0 Å². The summed E-state index contributed by atoms with van der Waals surface area (Å²) in [5, 5.41) is 0. The van der Waals surface area contributed by atoms with Crippen LogP contribution < -0.4 is 0 Å². The predicted molar refractivity (Wildman–Crippen MR) is 37.9 cm³/mol. The largest absolute Gasteiger partial charge is 0.346 e. The van der Waals surface area contributed by atoms with Crippen molar-refractivity contribution < 1.29 is 4.79 Å². The van der Waals surface area contributed by atoms with Crippen molar-refractivity contribution in [2.45, 2.75) is 19.8 Å². The van der Waals surface area contributed by atoms with Crippen LogP contribution in [0.5, 0.6) is 0 Å². The van der Waals surface area contributed by atoms with Crippen LogP contribution >= 0.6 is 0 Å². The molecule has 0 N–H and O–H groups in total. The van der Waals surface area contributed by atoms with Crippen molar-refractivity contribution in [1.29, 1.82) is 0 Å². The van der Waals surface area contributed by atoms with Crippen LogP contribution in [0.1, 0.15) is 19.8 Å². The van der Waals surface area contributed by atoms with E-state index in [4.69, 9.17) is 0 Å². The van der Waals surface area contributed by atoms with Crippen LogP contribution in [0, 0.1) is 6.92 Å². The maximum atomic E-state index is 10.1. The Morgan fingerprint density at radius 3 is 2.67 bits per heavy atom. The summed E-state index contributed by atoms with van der Waals surface area (Å²) in [6.07, 6.45) is 2.80. The Balaban J connectivity index is 3.20. The van der Waals surface area contributed by atoms with Gasteiger partial charge in [0.1, 0.15) is 0 Å². The Hall–Kier alpha value is -0.530. The number of carbonyl (C=O) groups excluding carboxylic acids is 1. The lowest BCUT2D eigenvalue weighted by atomic mass is 10.3. The lowest BCUT2D eigenvalue weighted by Gasteiger charge is -2.12. The zero-order valence-corrected chi connectivity index (χ0v) is 5.97. The summed E-state index contributed by atoms with van der Waals surface area (Å²) < 4.78 is 0. The third kappa shape index (κ3) is 4.01. The molecule has 0 heterocycles. The second kappa shape index (κ2) is 5.60. The van der Waals surface area contributed by atoms with Gasteiger partial charge in [-0.05, 0) is 13.3 Å². The maximum Gasteiger partial charge on any atom is 0.209 e. The van der Waals surface area contributed by atoms with Gasteiger partial charge in [-0.15, -0.1) is 0 Å². The minimum absolute atomic E-state index is 0.809. The molecule has 0 aliphatic heterocycles. The van der Waals surface area contributed by atoms with Crippen molar-refractivity contribution >= 4 is 6.41 Å². The van der Waals surface area contributed by atoms with E-state index in [2.05, 4.69) is 6.92 Å². The summed E-state index contributed by atoms with van der Waals surface area (Å²) in [6, 6.07) is 0. The highest BCUT2D eigenvalue weighted by atomic mass is 16.1. The van der Waals surface area contributed by atoms with E-state index in [0.717, 1.165) is 32.3 Å². The zero-order valence-electron chi connectivity index (χ0n) is 5.97. The van der Waals surface area contributed by atoms with Crippen molar-refractivity contribution in [3.63, 3.8) is 0 Å². The van der Waals surface area contributed by atoms with Crippen molar-refractivity contribution in [3.05, 3.63) is 6.92 Å². The van der Waals surface area contributed by atoms with Crippen LogP contribution in [0.2, 0.25) is 0 Å². The smallest absolute Gasteiger partial charge is 0.209 e. The molecule has 0 spiro atoms. The van der Waals surface area contributed by atoms with Crippen molar-refractivity contribution in [2.75, 3.05) is 13.1 Å². The molecular weight excluding hydrogens is 114 g/mol. The highest BCUT2D eigenvalue weighted by molar-refractivity contribution is 5.46. The fourth-order valence-electron chi connectivity index (χ4n) is 0.600. The van der Waals surface area contributed by atoms with Crippen molar-refractivity contribution in [2.24, 2.45) is 0 Å². The highest BCUT2D eigenvalue weighted by Crippen LogP contribution is 1.89. The second-order valence-corrected chi connectivity index (χ2v) is 1.94. The molecule has 1 amide bonds. The average Bonchev–Trinajstić information content (AvgIpc) is 1.91. The van der Waals surface area contributed by atoms with Gasteiger partial charge in [0, 0.05) is 13.1 Å². The molecule has 0 aromatic rings. The molecule has 2 heteroatoms. The van der Waals surface area contributed by atoms with Crippen LogP contribution in [0.15, 0.2) is 0 Å². The molecule has 2 nitrogen and oxygen atoms in total. The van der Waals surface area contributed by atoms with Crippen molar-refractivity contribution in [3.8, 4) is 0 Å². The van der Waals surface area contributed by atoms with Gasteiger partial charge in [0.05, 0.1) is 0 Å². The van der Waals surface area contributed by atoms with Gasteiger partial charge in [-0.2, -0.15) is 0 Å². The van der Waals surface area contributed by atoms with E-state index in [1.807, 2.05) is 6.92 Å². The third-order valence-corrected chi connectivity index (χ3v) is 1.25. The van der Waals surface area contributed by atoms with E-state index < -0.39 is 0 Å². The molecule has 1 radical (unpaired) electrons. The Morgan fingerprint density at radius 2 is 2.33 bits per heavy atom. The zero-order chi connectivity index (χ0) is 7.11. The van der Waals surface area contributed by atoms with Crippen LogP contribution in [-0.4, -0.2) is 24.4 Å². The quantitative estimate of drug-likeness (QED) is 0.507. The summed E-state index contributed by atoms with van der Waals surface area (Å²) in [5.41, 5.74) is 0. The normalized spacial score (nSPS) is 9.11. The highest BCUT2D eigenvalue weighted by Gasteiger charge is 1.93. The van der Waals surface area contributed by atoms with E-state index in [-0.39, 0.29) is 0 Å². The Labute approximate surface area is 56.9 Å². The molecular formula is C7H14NO. The summed E-state index contributed by atoms with van der Waals surface area (Å²) in [4.78, 5) is 11.9. The number of hydrogen-bond acceptors (Lipinski definition) is 1.